The van der Waals surface area contributed by atoms with Crippen LogP contribution in [0, 0.1) is 0 Å². The minimum Gasteiger partial charge on any atom is -0.469 e. The van der Waals surface area contributed by atoms with Crippen LogP contribution in [-0.4, -0.2) is 25.2 Å². The highest BCUT2D eigenvalue weighted by Crippen LogP contribution is 2.04. The summed E-state index contributed by atoms with van der Waals surface area (Å²) in [6, 6.07) is 0. The first-order valence-corrected chi connectivity index (χ1v) is 3.93. The quantitative estimate of drug-likeness (QED) is 0.486. The first-order chi connectivity index (χ1) is 5.97. The molecule has 0 saturated heterocycles. The topological polar surface area (TPSA) is 52.6 Å². The number of carbonyl (C=O) groups excluding carboxylic acids is 2. The van der Waals surface area contributed by atoms with E-state index in [-0.39, 0.29) is 18.1 Å². The fraction of sp³-hybridized carbons (Fsp3) is 0.556. The summed E-state index contributed by atoms with van der Waals surface area (Å²) in [5.74, 6) is -1.05. The summed E-state index contributed by atoms with van der Waals surface area (Å²) in [4.78, 5) is 21.8. The van der Waals surface area contributed by atoms with Crippen molar-refractivity contribution in [1.82, 2.24) is 0 Å². The molecule has 0 rings (SSSR count). The van der Waals surface area contributed by atoms with Gasteiger partial charge >= 0.3 is 11.9 Å². The second-order valence-corrected chi connectivity index (χ2v) is 2.81. The fourth-order valence-electron chi connectivity index (χ4n) is 0.616. The Morgan fingerprint density at radius 2 is 1.92 bits per heavy atom. The van der Waals surface area contributed by atoms with Gasteiger partial charge in [-0.3, -0.25) is 4.79 Å². The van der Waals surface area contributed by atoms with Crippen LogP contribution in [0.2, 0.25) is 0 Å². The van der Waals surface area contributed by atoms with Gasteiger partial charge in [-0.05, 0) is 13.8 Å². The SMILES string of the molecule is C=C(CC(=O)OC)C(=O)OC(C)C. The molecule has 0 aromatic heterocycles. The number of methoxy groups -OCH3 is 1. The Bertz CT molecular complexity index is 218. The van der Waals surface area contributed by atoms with E-state index < -0.39 is 11.9 Å². The molecule has 4 heteroatoms. The molecule has 0 heterocycles. The maximum atomic E-state index is 11.1. The number of ether oxygens (including phenoxy) is 2. The maximum absolute atomic E-state index is 11.1. The highest BCUT2D eigenvalue weighted by Gasteiger charge is 2.14. The van der Waals surface area contributed by atoms with Crippen LogP contribution in [0.15, 0.2) is 12.2 Å². The third kappa shape index (κ3) is 5.00. The van der Waals surface area contributed by atoms with E-state index in [0.29, 0.717) is 0 Å². The maximum Gasteiger partial charge on any atom is 0.334 e. The van der Waals surface area contributed by atoms with Crippen molar-refractivity contribution < 1.29 is 19.1 Å². The van der Waals surface area contributed by atoms with Crippen molar-refractivity contribution in [3.05, 3.63) is 12.2 Å². The standard InChI is InChI=1S/C9H14O4/c1-6(2)13-9(11)7(3)5-8(10)12-4/h6H,3,5H2,1-2,4H3. The Balaban J connectivity index is 3.97. The van der Waals surface area contributed by atoms with Crippen molar-refractivity contribution in [3.8, 4) is 0 Å². The molecule has 0 aliphatic heterocycles. The molecule has 0 bridgehead atoms. The van der Waals surface area contributed by atoms with Gasteiger partial charge in [0.05, 0.1) is 19.6 Å². The number of rotatable bonds is 4. The number of carbonyl (C=O) groups is 2. The molecule has 0 aromatic carbocycles. The fourth-order valence-corrected chi connectivity index (χ4v) is 0.616. The van der Waals surface area contributed by atoms with Crippen molar-refractivity contribution in [2.75, 3.05) is 7.11 Å². The van der Waals surface area contributed by atoms with Crippen LogP contribution >= 0.6 is 0 Å². The van der Waals surface area contributed by atoms with E-state index >= 15 is 0 Å². The third-order valence-corrected chi connectivity index (χ3v) is 1.22. The summed E-state index contributed by atoms with van der Waals surface area (Å²) >= 11 is 0. The Morgan fingerprint density at radius 3 is 2.31 bits per heavy atom. The van der Waals surface area contributed by atoms with Gasteiger partial charge in [0.15, 0.2) is 0 Å². The molecule has 0 saturated carbocycles. The summed E-state index contributed by atoms with van der Waals surface area (Å²) in [5.41, 5.74) is 0.112. The molecule has 0 N–H and O–H groups in total. The van der Waals surface area contributed by atoms with Gasteiger partial charge in [-0.25, -0.2) is 4.79 Å². The Morgan fingerprint density at radius 1 is 1.38 bits per heavy atom. The summed E-state index contributed by atoms with van der Waals surface area (Å²) in [5, 5.41) is 0. The van der Waals surface area contributed by atoms with Crippen molar-refractivity contribution in [2.45, 2.75) is 26.4 Å². The lowest BCUT2D eigenvalue weighted by atomic mass is 10.2. The average molecular weight is 186 g/mol. The van der Waals surface area contributed by atoms with Crippen LogP contribution in [0.3, 0.4) is 0 Å². The van der Waals surface area contributed by atoms with E-state index in [4.69, 9.17) is 4.74 Å². The Hall–Kier alpha value is -1.32. The average Bonchev–Trinajstić information content (AvgIpc) is 2.02. The lowest BCUT2D eigenvalue weighted by Crippen LogP contribution is -2.15. The molecular formula is C9H14O4. The second-order valence-electron chi connectivity index (χ2n) is 2.81. The molecule has 0 spiro atoms. The third-order valence-electron chi connectivity index (χ3n) is 1.22. The first kappa shape index (κ1) is 11.7. The van der Waals surface area contributed by atoms with E-state index in [9.17, 15) is 9.59 Å². The van der Waals surface area contributed by atoms with Gasteiger partial charge in [-0.15, -0.1) is 0 Å². The molecule has 0 radical (unpaired) electrons. The number of hydrogen-bond donors (Lipinski definition) is 0. The molecule has 0 amide bonds. The van der Waals surface area contributed by atoms with Gasteiger partial charge in [0.2, 0.25) is 0 Å². The van der Waals surface area contributed by atoms with Crippen molar-refractivity contribution in [3.63, 3.8) is 0 Å². The summed E-state index contributed by atoms with van der Waals surface area (Å²) in [6.45, 7) is 6.87. The lowest BCUT2D eigenvalue weighted by Gasteiger charge is -2.08. The van der Waals surface area contributed by atoms with Crippen molar-refractivity contribution in [2.24, 2.45) is 0 Å². The highest BCUT2D eigenvalue weighted by atomic mass is 16.5. The van der Waals surface area contributed by atoms with E-state index in [0.717, 1.165) is 0 Å². The molecule has 13 heavy (non-hydrogen) atoms. The zero-order valence-electron chi connectivity index (χ0n) is 8.12. The van der Waals surface area contributed by atoms with Gasteiger partial charge in [0.1, 0.15) is 0 Å². The molecule has 74 valence electrons. The molecule has 0 aliphatic rings. The number of hydrogen-bond acceptors (Lipinski definition) is 4. The predicted octanol–water partition coefficient (Wildman–Crippen LogP) is 1.06. The summed E-state index contributed by atoms with van der Waals surface area (Å²) < 4.78 is 9.18. The summed E-state index contributed by atoms with van der Waals surface area (Å²) in [7, 11) is 1.25. The Labute approximate surface area is 77.5 Å². The monoisotopic (exact) mass is 186 g/mol. The summed E-state index contributed by atoms with van der Waals surface area (Å²) in [6.07, 6.45) is -0.330. The van der Waals surface area contributed by atoms with Gasteiger partial charge in [0.25, 0.3) is 0 Å². The molecule has 0 atom stereocenters. The molecular weight excluding hydrogens is 172 g/mol. The zero-order chi connectivity index (χ0) is 10.4. The molecule has 0 unspecified atom stereocenters. The van der Waals surface area contributed by atoms with Crippen LogP contribution in [0.4, 0.5) is 0 Å². The minimum atomic E-state index is -0.555. The largest absolute Gasteiger partial charge is 0.469 e. The smallest absolute Gasteiger partial charge is 0.334 e. The van der Waals surface area contributed by atoms with E-state index in [1.807, 2.05) is 0 Å². The first-order valence-electron chi connectivity index (χ1n) is 3.93. The van der Waals surface area contributed by atoms with Gasteiger partial charge in [0, 0.05) is 5.57 Å². The second kappa shape index (κ2) is 5.35. The molecule has 0 fully saturated rings. The minimum absolute atomic E-state index is 0.112. The van der Waals surface area contributed by atoms with Crippen LogP contribution in [0.1, 0.15) is 20.3 Å². The van der Waals surface area contributed by atoms with Crippen LogP contribution in [-0.2, 0) is 19.1 Å². The zero-order valence-corrected chi connectivity index (χ0v) is 8.12. The molecule has 0 aromatic rings. The molecule has 4 nitrogen and oxygen atoms in total. The number of esters is 2. The van der Waals surface area contributed by atoms with Crippen molar-refractivity contribution >= 4 is 11.9 Å². The van der Waals surface area contributed by atoms with Crippen LogP contribution in [0.25, 0.3) is 0 Å². The van der Waals surface area contributed by atoms with Gasteiger partial charge in [-0.2, -0.15) is 0 Å². The highest BCUT2D eigenvalue weighted by molar-refractivity contribution is 5.93. The normalized spacial score (nSPS) is 9.54. The van der Waals surface area contributed by atoms with E-state index in [2.05, 4.69) is 11.3 Å². The van der Waals surface area contributed by atoms with Crippen LogP contribution < -0.4 is 0 Å². The van der Waals surface area contributed by atoms with Crippen LogP contribution in [0.5, 0.6) is 0 Å². The molecule has 0 aliphatic carbocycles. The van der Waals surface area contributed by atoms with E-state index in [1.165, 1.54) is 7.11 Å². The lowest BCUT2D eigenvalue weighted by molar-refractivity contribution is -0.146. The van der Waals surface area contributed by atoms with Crippen molar-refractivity contribution in [1.29, 1.82) is 0 Å². The Kier molecular flexibility index (Phi) is 4.80. The van der Waals surface area contributed by atoms with Gasteiger partial charge < -0.3 is 9.47 Å². The predicted molar refractivity (Wildman–Crippen MR) is 47.0 cm³/mol. The van der Waals surface area contributed by atoms with E-state index in [1.54, 1.807) is 13.8 Å². The van der Waals surface area contributed by atoms with Gasteiger partial charge in [-0.1, -0.05) is 6.58 Å².